The maximum atomic E-state index is 12.2. The van der Waals surface area contributed by atoms with Crippen LogP contribution in [-0.4, -0.2) is 32.7 Å². The van der Waals surface area contributed by atoms with Gasteiger partial charge in [0.2, 0.25) is 0 Å². The van der Waals surface area contributed by atoms with Gasteiger partial charge in [0.05, 0.1) is 18.1 Å². The summed E-state index contributed by atoms with van der Waals surface area (Å²) in [6.45, 7) is 6.19. The van der Waals surface area contributed by atoms with Crippen molar-refractivity contribution >= 4 is 6.09 Å². The molecule has 0 radical (unpaired) electrons. The predicted molar refractivity (Wildman–Crippen MR) is 72.6 cm³/mol. The summed E-state index contributed by atoms with van der Waals surface area (Å²) >= 11 is 0. The lowest BCUT2D eigenvalue weighted by atomic mass is 10.1. The second-order valence-corrected chi connectivity index (χ2v) is 5.82. The van der Waals surface area contributed by atoms with E-state index in [0.717, 1.165) is 12.1 Å². The molecule has 1 aliphatic rings. The maximum absolute atomic E-state index is 12.2. The summed E-state index contributed by atoms with van der Waals surface area (Å²) in [5.74, 6) is 0. The Balaban J connectivity index is 2.17. The van der Waals surface area contributed by atoms with Crippen LogP contribution < -0.4 is 0 Å². The Morgan fingerprint density at radius 2 is 2.16 bits per heavy atom. The number of rotatable bonds is 1. The van der Waals surface area contributed by atoms with Crippen LogP contribution in [0.5, 0.6) is 0 Å². The van der Waals surface area contributed by atoms with Crippen molar-refractivity contribution in [1.29, 1.82) is 0 Å². The maximum Gasteiger partial charge on any atom is 0.411 e. The fourth-order valence-corrected chi connectivity index (χ4v) is 2.08. The van der Waals surface area contributed by atoms with Crippen molar-refractivity contribution in [3.8, 4) is 0 Å². The molecule has 104 valence electrons. The first-order valence-electron chi connectivity index (χ1n) is 6.49. The number of carbonyl (C=O) groups excluding carboxylic acids is 1. The average Bonchev–Trinajstić information content (AvgIpc) is 2.73. The molecular formula is C14H21N3O2. The van der Waals surface area contributed by atoms with Crippen molar-refractivity contribution in [2.45, 2.75) is 38.8 Å². The van der Waals surface area contributed by atoms with Gasteiger partial charge in [-0.3, -0.25) is 4.90 Å². The highest BCUT2D eigenvalue weighted by Crippen LogP contribution is 2.28. The first kappa shape index (κ1) is 13.6. The van der Waals surface area contributed by atoms with Gasteiger partial charge in [0.1, 0.15) is 5.60 Å². The van der Waals surface area contributed by atoms with E-state index in [1.807, 2.05) is 44.7 Å². The van der Waals surface area contributed by atoms with Gasteiger partial charge in [-0.15, -0.1) is 0 Å². The minimum atomic E-state index is -0.479. The highest BCUT2D eigenvalue weighted by atomic mass is 16.6. The number of amides is 1. The average molecular weight is 263 g/mol. The normalized spacial score (nSPS) is 19.6. The molecule has 0 spiro atoms. The molecule has 0 bridgehead atoms. The Morgan fingerprint density at radius 3 is 2.74 bits per heavy atom. The zero-order valence-electron chi connectivity index (χ0n) is 12.0. The Labute approximate surface area is 113 Å². The lowest BCUT2D eigenvalue weighted by Crippen LogP contribution is -2.40. The molecule has 1 aliphatic heterocycles. The molecule has 19 heavy (non-hydrogen) atoms. The Hall–Kier alpha value is -1.78. The van der Waals surface area contributed by atoms with Gasteiger partial charge in [0.25, 0.3) is 0 Å². The molecule has 1 atom stereocenters. The number of nitrogens with zero attached hydrogens (tertiary/aromatic N) is 3. The van der Waals surface area contributed by atoms with Crippen LogP contribution in [0.1, 0.15) is 38.9 Å². The quantitative estimate of drug-likeness (QED) is 0.732. The van der Waals surface area contributed by atoms with Crippen LogP contribution in [0.15, 0.2) is 24.7 Å². The molecule has 5 nitrogen and oxygen atoms in total. The van der Waals surface area contributed by atoms with E-state index in [1.165, 1.54) is 0 Å². The third-order valence-corrected chi connectivity index (χ3v) is 2.90. The minimum Gasteiger partial charge on any atom is -0.444 e. The topological polar surface area (TPSA) is 47.4 Å². The number of imidazole rings is 1. The van der Waals surface area contributed by atoms with Crippen molar-refractivity contribution in [3.05, 3.63) is 30.4 Å². The monoisotopic (exact) mass is 263 g/mol. The molecule has 0 aromatic carbocycles. The van der Waals surface area contributed by atoms with Crippen molar-refractivity contribution in [1.82, 2.24) is 14.5 Å². The van der Waals surface area contributed by atoms with Crippen molar-refractivity contribution in [2.75, 3.05) is 6.54 Å². The lowest BCUT2D eigenvalue weighted by Gasteiger charge is -2.33. The van der Waals surface area contributed by atoms with E-state index in [9.17, 15) is 4.79 Å². The standard InChI is InChI=1S/C14H21N3O2/c1-14(2,3)19-13(18)17-8-6-5-7-12(17)11-9-16(4)10-15-11/h5-6,9-10,12H,7-8H2,1-4H3. The van der Waals surface area contributed by atoms with Crippen molar-refractivity contribution in [3.63, 3.8) is 0 Å². The highest BCUT2D eigenvalue weighted by Gasteiger charge is 2.30. The molecule has 1 aromatic rings. The predicted octanol–water partition coefficient (Wildman–Crippen LogP) is 2.66. The molecule has 1 amide bonds. The van der Waals surface area contributed by atoms with Crippen LogP contribution in [0.2, 0.25) is 0 Å². The second-order valence-electron chi connectivity index (χ2n) is 5.82. The van der Waals surface area contributed by atoms with Gasteiger partial charge < -0.3 is 9.30 Å². The molecule has 0 aliphatic carbocycles. The Kier molecular flexibility index (Phi) is 3.64. The minimum absolute atomic E-state index is 0.0407. The molecule has 2 rings (SSSR count). The van der Waals surface area contributed by atoms with E-state index in [2.05, 4.69) is 11.1 Å². The molecular weight excluding hydrogens is 242 g/mol. The summed E-state index contributed by atoms with van der Waals surface area (Å²) in [6, 6.07) is -0.0407. The number of hydrogen-bond acceptors (Lipinski definition) is 3. The summed E-state index contributed by atoms with van der Waals surface area (Å²) in [5, 5.41) is 0. The summed E-state index contributed by atoms with van der Waals surface area (Å²) in [5.41, 5.74) is 0.421. The molecule has 0 saturated carbocycles. The summed E-state index contributed by atoms with van der Waals surface area (Å²) < 4.78 is 7.34. The highest BCUT2D eigenvalue weighted by molar-refractivity contribution is 5.69. The summed E-state index contributed by atoms with van der Waals surface area (Å²) in [7, 11) is 1.92. The van der Waals surface area contributed by atoms with Gasteiger partial charge >= 0.3 is 6.09 Å². The number of ether oxygens (including phenoxy) is 1. The van der Waals surface area contributed by atoms with Crippen LogP contribution in [0.25, 0.3) is 0 Å². The fraction of sp³-hybridized carbons (Fsp3) is 0.571. The molecule has 5 heteroatoms. The molecule has 1 unspecified atom stereocenters. The van der Waals surface area contributed by atoms with E-state index in [4.69, 9.17) is 4.74 Å². The summed E-state index contributed by atoms with van der Waals surface area (Å²) in [6.07, 6.45) is 8.26. The van der Waals surface area contributed by atoms with E-state index in [0.29, 0.717) is 6.54 Å². The zero-order valence-corrected chi connectivity index (χ0v) is 12.0. The molecule has 0 fully saturated rings. The number of aromatic nitrogens is 2. The van der Waals surface area contributed by atoms with Crippen LogP contribution in [0.3, 0.4) is 0 Å². The van der Waals surface area contributed by atoms with E-state index >= 15 is 0 Å². The van der Waals surface area contributed by atoms with Gasteiger partial charge in [-0.2, -0.15) is 0 Å². The van der Waals surface area contributed by atoms with E-state index in [1.54, 1.807) is 11.2 Å². The van der Waals surface area contributed by atoms with E-state index < -0.39 is 5.60 Å². The third kappa shape index (κ3) is 3.36. The number of aryl methyl sites for hydroxylation is 1. The molecule has 1 aromatic heterocycles. The van der Waals surface area contributed by atoms with Crippen LogP contribution in [0.4, 0.5) is 4.79 Å². The smallest absolute Gasteiger partial charge is 0.411 e. The fourth-order valence-electron chi connectivity index (χ4n) is 2.08. The van der Waals surface area contributed by atoms with Crippen LogP contribution in [0, 0.1) is 0 Å². The van der Waals surface area contributed by atoms with Gasteiger partial charge in [0, 0.05) is 19.8 Å². The van der Waals surface area contributed by atoms with Crippen LogP contribution >= 0.6 is 0 Å². The summed E-state index contributed by atoms with van der Waals surface area (Å²) in [4.78, 5) is 18.3. The molecule has 0 saturated heterocycles. The van der Waals surface area contributed by atoms with Gasteiger partial charge in [0.15, 0.2) is 0 Å². The molecule has 2 heterocycles. The lowest BCUT2D eigenvalue weighted by molar-refractivity contribution is 0.0172. The SMILES string of the molecule is Cn1cnc(C2CC=CCN2C(=O)OC(C)(C)C)c1. The first-order valence-corrected chi connectivity index (χ1v) is 6.49. The largest absolute Gasteiger partial charge is 0.444 e. The Bertz CT molecular complexity index is 485. The van der Waals surface area contributed by atoms with Gasteiger partial charge in [-0.25, -0.2) is 9.78 Å². The number of carbonyl (C=O) groups is 1. The third-order valence-electron chi connectivity index (χ3n) is 2.90. The second kappa shape index (κ2) is 5.07. The molecule has 0 N–H and O–H groups in total. The van der Waals surface area contributed by atoms with Gasteiger partial charge in [-0.05, 0) is 27.2 Å². The van der Waals surface area contributed by atoms with Crippen LogP contribution in [-0.2, 0) is 11.8 Å². The zero-order chi connectivity index (χ0) is 14.0. The first-order chi connectivity index (χ1) is 8.87. The van der Waals surface area contributed by atoms with Gasteiger partial charge in [-0.1, -0.05) is 12.2 Å². The van der Waals surface area contributed by atoms with E-state index in [-0.39, 0.29) is 12.1 Å². The van der Waals surface area contributed by atoms with Crippen molar-refractivity contribution in [2.24, 2.45) is 7.05 Å². The van der Waals surface area contributed by atoms with Crippen molar-refractivity contribution < 1.29 is 9.53 Å². The Morgan fingerprint density at radius 1 is 1.42 bits per heavy atom. The number of hydrogen-bond donors (Lipinski definition) is 0.